The standard InChI is InChI=1S/C15H28O6S/c1-11(16)20-13(3,4)9-15(7,8)22(18,19)10-14(5,6)21-12(2)17/h9-10H2,1-8H3. The van der Waals surface area contributed by atoms with E-state index in [1.807, 2.05) is 0 Å². The lowest BCUT2D eigenvalue weighted by molar-refractivity contribution is -0.155. The maximum atomic E-state index is 12.7. The molecule has 0 heterocycles. The molecule has 130 valence electrons. The summed E-state index contributed by atoms with van der Waals surface area (Å²) in [4.78, 5) is 22.2. The normalized spacial score (nSPS) is 13.6. The molecule has 0 saturated carbocycles. The van der Waals surface area contributed by atoms with Gasteiger partial charge in [0, 0.05) is 20.3 Å². The molecule has 0 N–H and O–H groups in total. The van der Waals surface area contributed by atoms with Crippen molar-refractivity contribution in [2.45, 2.75) is 77.8 Å². The molecule has 0 saturated heterocycles. The first kappa shape index (κ1) is 20.9. The third-order valence-electron chi connectivity index (χ3n) is 3.07. The smallest absolute Gasteiger partial charge is 0.303 e. The quantitative estimate of drug-likeness (QED) is 0.663. The van der Waals surface area contributed by atoms with Crippen LogP contribution in [-0.4, -0.2) is 42.1 Å². The van der Waals surface area contributed by atoms with Gasteiger partial charge in [-0.25, -0.2) is 8.42 Å². The number of carbonyl (C=O) groups is 2. The van der Waals surface area contributed by atoms with Crippen molar-refractivity contribution >= 4 is 21.8 Å². The second-order valence-corrected chi connectivity index (χ2v) is 10.0. The van der Waals surface area contributed by atoms with Crippen molar-refractivity contribution in [2.24, 2.45) is 0 Å². The Bertz CT molecular complexity index is 528. The van der Waals surface area contributed by atoms with Crippen LogP contribution < -0.4 is 0 Å². The maximum Gasteiger partial charge on any atom is 0.303 e. The Morgan fingerprint density at radius 2 is 1.18 bits per heavy atom. The van der Waals surface area contributed by atoms with Crippen molar-refractivity contribution in [2.75, 3.05) is 5.75 Å². The highest BCUT2D eigenvalue weighted by molar-refractivity contribution is 7.92. The molecular weight excluding hydrogens is 308 g/mol. The van der Waals surface area contributed by atoms with Crippen molar-refractivity contribution in [3.05, 3.63) is 0 Å². The minimum absolute atomic E-state index is 0.137. The Labute approximate surface area is 133 Å². The van der Waals surface area contributed by atoms with Crippen LogP contribution in [0.5, 0.6) is 0 Å². The highest BCUT2D eigenvalue weighted by Crippen LogP contribution is 2.32. The second kappa shape index (κ2) is 6.56. The van der Waals surface area contributed by atoms with Crippen LogP contribution in [0.15, 0.2) is 0 Å². The van der Waals surface area contributed by atoms with E-state index in [1.165, 1.54) is 13.8 Å². The van der Waals surface area contributed by atoms with E-state index in [-0.39, 0.29) is 12.2 Å². The molecule has 0 aromatic rings. The van der Waals surface area contributed by atoms with E-state index < -0.39 is 37.7 Å². The predicted octanol–water partition coefficient (Wildman–Crippen LogP) is 2.25. The lowest BCUT2D eigenvalue weighted by atomic mass is 9.95. The molecule has 0 bridgehead atoms. The first-order chi connectivity index (χ1) is 9.50. The highest BCUT2D eigenvalue weighted by Gasteiger charge is 2.44. The van der Waals surface area contributed by atoms with Crippen molar-refractivity contribution in [1.29, 1.82) is 0 Å². The summed E-state index contributed by atoms with van der Waals surface area (Å²) in [5, 5.41) is 0. The van der Waals surface area contributed by atoms with E-state index >= 15 is 0 Å². The third-order valence-corrected chi connectivity index (χ3v) is 5.97. The fraction of sp³-hybridized carbons (Fsp3) is 0.867. The Morgan fingerprint density at radius 3 is 1.55 bits per heavy atom. The van der Waals surface area contributed by atoms with E-state index in [0.29, 0.717) is 0 Å². The summed E-state index contributed by atoms with van der Waals surface area (Å²) >= 11 is 0. The van der Waals surface area contributed by atoms with Crippen LogP contribution in [-0.2, 0) is 28.9 Å². The number of carbonyl (C=O) groups excluding carboxylic acids is 2. The van der Waals surface area contributed by atoms with Gasteiger partial charge in [0.25, 0.3) is 0 Å². The molecule has 7 heteroatoms. The van der Waals surface area contributed by atoms with Crippen molar-refractivity contribution in [1.82, 2.24) is 0 Å². The van der Waals surface area contributed by atoms with Crippen LogP contribution in [0, 0.1) is 0 Å². The first-order valence-corrected chi connectivity index (χ1v) is 8.76. The largest absolute Gasteiger partial charge is 0.460 e. The lowest BCUT2D eigenvalue weighted by Crippen LogP contribution is -2.47. The van der Waals surface area contributed by atoms with Gasteiger partial charge >= 0.3 is 11.9 Å². The Morgan fingerprint density at radius 1 is 0.818 bits per heavy atom. The van der Waals surface area contributed by atoms with Gasteiger partial charge in [0.1, 0.15) is 11.2 Å². The second-order valence-electron chi connectivity index (χ2n) is 7.40. The van der Waals surface area contributed by atoms with Gasteiger partial charge in [-0.3, -0.25) is 9.59 Å². The number of rotatable bonds is 7. The molecule has 0 atom stereocenters. The van der Waals surface area contributed by atoms with Gasteiger partial charge in [0.15, 0.2) is 9.84 Å². The highest BCUT2D eigenvalue weighted by atomic mass is 32.2. The summed E-state index contributed by atoms with van der Waals surface area (Å²) < 4.78 is 34.5. The average Bonchev–Trinajstić information content (AvgIpc) is 2.06. The molecule has 0 fully saturated rings. The summed E-state index contributed by atoms with van der Waals surface area (Å²) in [6, 6.07) is 0. The number of esters is 2. The zero-order valence-electron chi connectivity index (χ0n) is 14.8. The van der Waals surface area contributed by atoms with Gasteiger partial charge < -0.3 is 9.47 Å². The molecule has 0 aromatic heterocycles. The molecule has 0 amide bonds. The molecule has 0 radical (unpaired) electrons. The van der Waals surface area contributed by atoms with E-state index in [1.54, 1.807) is 41.5 Å². The summed E-state index contributed by atoms with van der Waals surface area (Å²) in [6.45, 7) is 12.1. The molecule has 6 nitrogen and oxygen atoms in total. The fourth-order valence-corrected chi connectivity index (χ4v) is 4.56. The van der Waals surface area contributed by atoms with Crippen molar-refractivity contribution < 1.29 is 27.5 Å². The molecule has 0 aromatic carbocycles. The van der Waals surface area contributed by atoms with Gasteiger partial charge in [0.05, 0.1) is 10.5 Å². The van der Waals surface area contributed by atoms with Crippen LogP contribution in [0.25, 0.3) is 0 Å². The minimum Gasteiger partial charge on any atom is -0.460 e. The van der Waals surface area contributed by atoms with E-state index in [2.05, 4.69) is 0 Å². The number of hydrogen-bond acceptors (Lipinski definition) is 6. The van der Waals surface area contributed by atoms with Gasteiger partial charge in [-0.15, -0.1) is 0 Å². The summed E-state index contributed by atoms with van der Waals surface area (Å²) in [5.74, 6) is -1.29. The zero-order valence-corrected chi connectivity index (χ0v) is 15.6. The summed E-state index contributed by atoms with van der Waals surface area (Å²) in [5.41, 5.74) is -2.03. The molecule has 0 aliphatic heterocycles. The maximum absolute atomic E-state index is 12.7. The SMILES string of the molecule is CC(=O)OC(C)(C)CC(C)(C)S(=O)(=O)CC(C)(C)OC(C)=O. The van der Waals surface area contributed by atoms with Crippen LogP contribution in [0.2, 0.25) is 0 Å². The van der Waals surface area contributed by atoms with Crippen LogP contribution in [0.4, 0.5) is 0 Å². The van der Waals surface area contributed by atoms with E-state index in [0.717, 1.165) is 0 Å². The Balaban J connectivity index is 5.25. The van der Waals surface area contributed by atoms with Crippen LogP contribution in [0.3, 0.4) is 0 Å². The topological polar surface area (TPSA) is 86.7 Å². The Hall–Kier alpha value is -1.11. The Kier molecular flexibility index (Phi) is 6.23. The van der Waals surface area contributed by atoms with Gasteiger partial charge in [-0.1, -0.05) is 0 Å². The average molecular weight is 336 g/mol. The van der Waals surface area contributed by atoms with Crippen molar-refractivity contribution in [3.63, 3.8) is 0 Å². The molecular formula is C15H28O6S. The third kappa shape index (κ3) is 6.77. The van der Waals surface area contributed by atoms with Gasteiger partial charge in [-0.2, -0.15) is 0 Å². The zero-order chi connectivity index (χ0) is 18.0. The van der Waals surface area contributed by atoms with E-state index in [9.17, 15) is 18.0 Å². The number of sulfone groups is 1. The molecule has 0 spiro atoms. The molecule has 0 aliphatic carbocycles. The van der Waals surface area contributed by atoms with Gasteiger partial charge in [0.2, 0.25) is 0 Å². The number of hydrogen-bond donors (Lipinski definition) is 0. The number of ether oxygens (including phenoxy) is 2. The van der Waals surface area contributed by atoms with E-state index in [4.69, 9.17) is 9.47 Å². The molecule has 0 rings (SSSR count). The van der Waals surface area contributed by atoms with Crippen LogP contribution in [0.1, 0.15) is 61.8 Å². The van der Waals surface area contributed by atoms with Crippen LogP contribution >= 0.6 is 0 Å². The molecule has 0 unspecified atom stereocenters. The molecule has 22 heavy (non-hydrogen) atoms. The first-order valence-electron chi connectivity index (χ1n) is 7.11. The minimum atomic E-state index is -3.60. The predicted molar refractivity (Wildman–Crippen MR) is 84.2 cm³/mol. The molecule has 0 aliphatic rings. The van der Waals surface area contributed by atoms with Crippen molar-refractivity contribution in [3.8, 4) is 0 Å². The summed E-state index contributed by atoms with van der Waals surface area (Å²) in [7, 11) is -3.60. The fourth-order valence-electron chi connectivity index (χ4n) is 2.63. The summed E-state index contributed by atoms with van der Waals surface area (Å²) in [6.07, 6.45) is 0.137. The monoisotopic (exact) mass is 336 g/mol. The lowest BCUT2D eigenvalue weighted by Gasteiger charge is -2.36. The van der Waals surface area contributed by atoms with Gasteiger partial charge in [-0.05, 0) is 41.5 Å².